The molecule has 10 nitrogen and oxygen atoms in total. The van der Waals surface area contributed by atoms with Gasteiger partial charge in [-0.25, -0.2) is 18.2 Å². The van der Waals surface area contributed by atoms with Crippen molar-refractivity contribution in [3.63, 3.8) is 0 Å². The van der Waals surface area contributed by atoms with Gasteiger partial charge < -0.3 is 9.64 Å². The molecule has 2 aromatic carbocycles. The van der Waals surface area contributed by atoms with Gasteiger partial charge in [0.1, 0.15) is 27.5 Å². The number of piperazine rings is 1. The van der Waals surface area contributed by atoms with E-state index in [1.165, 1.54) is 6.26 Å². The summed E-state index contributed by atoms with van der Waals surface area (Å²) in [7, 11) is -3.09. The van der Waals surface area contributed by atoms with Gasteiger partial charge in [-0.2, -0.15) is 4.98 Å². The van der Waals surface area contributed by atoms with Gasteiger partial charge in [0.15, 0.2) is 0 Å². The summed E-state index contributed by atoms with van der Waals surface area (Å²) in [5, 5.41) is 1.18. The number of hydrogen-bond acceptors (Lipinski definition) is 8. The Balaban J connectivity index is 0.00000500. The number of carbonyl (C=O) groups excluding carboxylic acids is 1. The maximum Gasteiger partial charge on any atom is 0.326 e. The topological polar surface area (TPSA) is 108 Å². The molecule has 1 saturated heterocycles. The van der Waals surface area contributed by atoms with Gasteiger partial charge in [0.25, 0.3) is 0 Å². The second kappa shape index (κ2) is 15.1. The number of sulfone groups is 1. The Kier molecular flexibility index (Phi) is 11.8. The molecule has 2 aliphatic rings. The first-order valence-corrected chi connectivity index (χ1v) is 18.1. The van der Waals surface area contributed by atoms with Crippen molar-refractivity contribution in [1.29, 1.82) is 0 Å². The predicted molar refractivity (Wildman–Crippen MR) is 189 cm³/mol. The smallest absolute Gasteiger partial charge is 0.326 e. The van der Waals surface area contributed by atoms with Crippen LogP contribution in [0.2, 0.25) is 10.0 Å². The fraction of sp³-hybridized carbons (Fsp3) is 0.455. The lowest BCUT2D eigenvalue weighted by Gasteiger charge is -2.39. The Bertz CT molecular complexity index is 1690. The number of nitrogens with zero attached hydrogens (tertiary/aromatic N) is 6. The van der Waals surface area contributed by atoms with Crippen LogP contribution in [0.15, 0.2) is 59.7 Å². The quantitative estimate of drug-likeness (QED) is 0.271. The van der Waals surface area contributed by atoms with Crippen LogP contribution in [0.3, 0.4) is 0 Å². The third-order valence-electron chi connectivity index (χ3n) is 8.06. The van der Waals surface area contributed by atoms with Crippen LogP contribution in [0, 0.1) is 0 Å². The van der Waals surface area contributed by atoms with Crippen molar-refractivity contribution in [3.8, 4) is 5.88 Å². The van der Waals surface area contributed by atoms with Crippen molar-refractivity contribution in [3.05, 3.63) is 87.3 Å². The van der Waals surface area contributed by atoms with Crippen molar-refractivity contribution >= 4 is 57.3 Å². The van der Waals surface area contributed by atoms with E-state index >= 15 is 0 Å². The molecule has 3 heterocycles. The first-order chi connectivity index (χ1) is 21.7. The lowest BCUT2D eigenvalue weighted by molar-refractivity contribution is 0.122. The molecule has 0 N–H and O–H groups in total. The normalized spacial score (nSPS) is 18.9. The number of rotatable bonds is 8. The molecule has 2 amide bonds. The Morgan fingerprint density at radius 3 is 2.06 bits per heavy atom. The van der Waals surface area contributed by atoms with E-state index in [1.54, 1.807) is 16.0 Å². The molecule has 5 rings (SSSR count). The third-order valence-corrected chi connectivity index (χ3v) is 9.49. The van der Waals surface area contributed by atoms with Crippen molar-refractivity contribution in [2.45, 2.75) is 45.2 Å². The zero-order chi connectivity index (χ0) is 33.2. The highest BCUT2D eigenvalue weighted by Crippen LogP contribution is 2.45. The molecule has 2 aliphatic heterocycles. The molecule has 3 aromatic rings. The van der Waals surface area contributed by atoms with E-state index in [0.717, 1.165) is 11.1 Å². The summed E-state index contributed by atoms with van der Waals surface area (Å²) < 4.78 is 29.6. The van der Waals surface area contributed by atoms with Gasteiger partial charge in [0.05, 0.1) is 24.0 Å². The number of amides is 2. The monoisotopic (exact) mass is 722 g/mol. The maximum atomic E-state index is 14.7. The van der Waals surface area contributed by atoms with E-state index < -0.39 is 21.9 Å². The highest BCUT2D eigenvalue weighted by molar-refractivity contribution is 7.90. The zero-order valence-electron chi connectivity index (χ0n) is 27.2. The summed E-state index contributed by atoms with van der Waals surface area (Å²) in [5.74, 6) is 1.46. The number of ether oxygens (including phenoxy) is 1. The van der Waals surface area contributed by atoms with E-state index in [4.69, 9.17) is 42.9 Å². The number of hydrogen-bond donors (Lipinski definition) is 0. The third kappa shape index (κ3) is 8.75. The first kappa shape index (κ1) is 36.9. The molecule has 0 saturated carbocycles. The van der Waals surface area contributed by atoms with E-state index in [-0.39, 0.29) is 29.6 Å². The highest BCUT2D eigenvalue weighted by Gasteiger charge is 2.45. The summed E-state index contributed by atoms with van der Waals surface area (Å²) >= 11 is 12.6. The first-order valence-electron chi connectivity index (χ1n) is 15.3. The number of aliphatic imine (C=N–C) groups is 1. The minimum atomic E-state index is -3.09. The van der Waals surface area contributed by atoms with Crippen molar-refractivity contribution in [1.82, 2.24) is 24.7 Å². The molecule has 0 aliphatic carbocycles. The van der Waals surface area contributed by atoms with Crippen molar-refractivity contribution < 1.29 is 17.9 Å². The molecule has 14 heteroatoms. The van der Waals surface area contributed by atoms with Gasteiger partial charge in [-0.1, -0.05) is 68.2 Å². The van der Waals surface area contributed by atoms with Crippen molar-refractivity contribution in [2.75, 3.05) is 51.3 Å². The van der Waals surface area contributed by atoms with E-state index in [2.05, 4.69) is 4.90 Å². The second-order valence-electron chi connectivity index (χ2n) is 12.7. The molecule has 0 spiro atoms. The minimum Gasteiger partial charge on any atom is -0.477 e. The summed E-state index contributed by atoms with van der Waals surface area (Å²) in [6, 6.07) is 13.7. The summed E-state index contributed by atoms with van der Waals surface area (Å²) in [5.41, 5.74) is 1.93. The molecule has 0 unspecified atom stereocenters. The average Bonchev–Trinajstić information content (AvgIpc) is 3.40. The summed E-state index contributed by atoms with van der Waals surface area (Å²) in [4.78, 5) is 35.0. The number of urea groups is 1. The second-order valence-corrected chi connectivity index (χ2v) is 15.8. The van der Waals surface area contributed by atoms with Crippen LogP contribution in [0.1, 0.15) is 62.3 Å². The van der Waals surface area contributed by atoms with Gasteiger partial charge in [0, 0.05) is 60.6 Å². The largest absolute Gasteiger partial charge is 0.477 e. The molecule has 2 atom stereocenters. The lowest BCUT2D eigenvalue weighted by atomic mass is 9.93. The standard InChI is InChI=1S/C33H40Cl2N6O4S.ClH/c1-6-45-30-26(21-36-31(38-30)33(2,3)4)29-37-27(22-7-11-24(34)12-8-22)28(23-9-13-25(35)14-10-23)41(29)32(42)40-17-15-39(16-18-40)19-20-46(5,43)44;/h7-14,21,27-28H,6,15-20H2,1-5H3;1H/t27-,28+;/m0./s1. The lowest BCUT2D eigenvalue weighted by Crippen LogP contribution is -2.54. The minimum absolute atomic E-state index is 0. The van der Waals surface area contributed by atoms with E-state index in [0.29, 0.717) is 72.5 Å². The fourth-order valence-electron chi connectivity index (χ4n) is 5.59. The Morgan fingerprint density at radius 1 is 0.957 bits per heavy atom. The predicted octanol–water partition coefficient (Wildman–Crippen LogP) is 6.23. The van der Waals surface area contributed by atoms with Crippen LogP contribution in [0.4, 0.5) is 4.79 Å². The Morgan fingerprint density at radius 2 is 1.53 bits per heavy atom. The number of carbonyl (C=O) groups is 1. The number of halogens is 3. The van der Waals surface area contributed by atoms with Gasteiger partial charge in [-0.05, 0) is 42.3 Å². The molecule has 1 fully saturated rings. The molecule has 254 valence electrons. The maximum absolute atomic E-state index is 14.7. The van der Waals surface area contributed by atoms with Crippen LogP contribution in [0.5, 0.6) is 5.88 Å². The highest BCUT2D eigenvalue weighted by atomic mass is 35.5. The van der Waals surface area contributed by atoms with Gasteiger partial charge in [0.2, 0.25) is 5.88 Å². The summed E-state index contributed by atoms with van der Waals surface area (Å²) in [6.07, 6.45) is 2.94. The van der Waals surface area contributed by atoms with E-state index in [9.17, 15) is 13.2 Å². The van der Waals surface area contributed by atoms with Crippen LogP contribution >= 0.6 is 35.6 Å². The van der Waals surface area contributed by atoms with Gasteiger partial charge >= 0.3 is 6.03 Å². The molecular weight excluding hydrogens is 683 g/mol. The molecule has 1 aromatic heterocycles. The van der Waals surface area contributed by atoms with Crippen LogP contribution in [0.25, 0.3) is 0 Å². The SMILES string of the molecule is CCOc1nc(C(C)(C)C)ncc1C1=N[C@@H](c2ccc(Cl)cc2)[C@@H](c2ccc(Cl)cc2)N1C(=O)N1CCN(CCS(C)(=O)=O)CC1.Cl. The molecule has 0 bridgehead atoms. The van der Waals surface area contributed by atoms with Crippen molar-refractivity contribution in [2.24, 2.45) is 4.99 Å². The fourth-order valence-corrected chi connectivity index (χ4v) is 6.43. The molecular formula is C33H41Cl3N6O4S. The average molecular weight is 724 g/mol. The summed E-state index contributed by atoms with van der Waals surface area (Å²) in [6.45, 7) is 10.8. The zero-order valence-corrected chi connectivity index (χ0v) is 30.3. The van der Waals surface area contributed by atoms with E-state index in [1.807, 2.05) is 76.2 Å². The van der Waals surface area contributed by atoms with Gasteiger partial charge in [-0.3, -0.25) is 14.8 Å². The Labute approximate surface area is 293 Å². The Hall–Kier alpha value is -2.96. The molecule has 0 radical (unpaired) electrons. The van der Waals surface area contributed by atoms with Crippen LogP contribution < -0.4 is 4.74 Å². The van der Waals surface area contributed by atoms with Gasteiger partial charge in [-0.15, -0.1) is 12.4 Å². The number of aromatic nitrogens is 2. The number of amidine groups is 1. The van der Waals surface area contributed by atoms with Crippen LogP contribution in [-0.2, 0) is 15.3 Å². The molecule has 47 heavy (non-hydrogen) atoms. The number of benzene rings is 2. The van der Waals surface area contributed by atoms with Crippen LogP contribution in [-0.4, -0.2) is 96.3 Å².